The van der Waals surface area contributed by atoms with Crippen molar-refractivity contribution in [2.75, 3.05) is 13.7 Å². The van der Waals surface area contributed by atoms with E-state index >= 15 is 0 Å². The van der Waals surface area contributed by atoms with Crippen LogP contribution in [0, 0.1) is 5.82 Å². The summed E-state index contributed by atoms with van der Waals surface area (Å²) in [6.45, 7) is 2.89. The first-order chi connectivity index (χ1) is 15.7. The van der Waals surface area contributed by atoms with Crippen LogP contribution in [0.25, 0.3) is 11.5 Å². The van der Waals surface area contributed by atoms with Crippen LogP contribution in [-0.2, 0) is 6.54 Å². The molecule has 0 spiro atoms. The molecule has 0 saturated carbocycles. The van der Waals surface area contributed by atoms with Gasteiger partial charge in [-0.05, 0) is 42.8 Å². The van der Waals surface area contributed by atoms with Crippen LogP contribution in [0.5, 0.6) is 11.5 Å². The lowest BCUT2D eigenvalue weighted by molar-refractivity contribution is 0.310. The third kappa shape index (κ3) is 4.78. The number of nitrogens with one attached hydrogen (secondary N) is 1. The number of rotatable bonds is 9. The summed E-state index contributed by atoms with van der Waals surface area (Å²) in [5, 5.41) is 11.7. The average molecular weight is 433 g/mol. The number of hydrogen-bond acceptors (Lipinski definition) is 6. The molecule has 0 bridgehead atoms. The summed E-state index contributed by atoms with van der Waals surface area (Å²) >= 11 is 0. The predicted octanol–water partition coefficient (Wildman–Crippen LogP) is 5.16. The fraction of sp³-hybridized carbons (Fsp3) is 0.200. The van der Waals surface area contributed by atoms with Crippen LogP contribution in [0.2, 0.25) is 0 Å². The van der Waals surface area contributed by atoms with E-state index in [1.54, 1.807) is 25.3 Å². The molecule has 1 heterocycles. The maximum atomic E-state index is 14.7. The molecule has 1 aromatic heterocycles. The summed E-state index contributed by atoms with van der Waals surface area (Å²) in [4.78, 5) is 0. The smallest absolute Gasteiger partial charge is 0.247 e. The Kier molecular flexibility index (Phi) is 6.77. The highest BCUT2D eigenvalue weighted by Gasteiger charge is 2.24. The topological polar surface area (TPSA) is 69.4 Å². The van der Waals surface area contributed by atoms with E-state index in [0.717, 1.165) is 11.1 Å². The van der Waals surface area contributed by atoms with Crippen LogP contribution in [0.3, 0.4) is 0 Å². The van der Waals surface area contributed by atoms with Gasteiger partial charge in [-0.3, -0.25) is 5.32 Å². The summed E-state index contributed by atoms with van der Waals surface area (Å²) < 4.78 is 31.6. The van der Waals surface area contributed by atoms with E-state index in [4.69, 9.17) is 13.9 Å². The normalized spacial score (nSPS) is 11.8. The SMILES string of the molecule is CCOc1ccc(CN[C@@H](c2nnc(-c3ccccc3)o2)c2ccccc2F)cc1OC. The van der Waals surface area contributed by atoms with Gasteiger partial charge in [-0.1, -0.05) is 42.5 Å². The molecule has 7 heteroatoms. The fourth-order valence-corrected chi connectivity index (χ4v) is 3.40. The van der Waals surface area contributed by atoms with Crippen molar-refractivity contribution >= 4 is 0 Å². The number of methoxy groups -OCH3 is 1. The highest BCUT2D eigenvalue weighted by Crippen LogP contribution is 2.30. The van der Waals surface area contributed by atoms with Crippen molar-refractivity contribution in [2.24, 2.45) is 0 Å². The molecule has 0 unspecified atom stereocenters. The van der Waals surface area contributed by atoms with Crippen molar-refractivity contribution in [2.45, 2.75) is 19.5 Å². The van der Waals surface area contributed by atoms with Gasteiger partial charge in [0.15, 0.2) is 11.5 Å². The molecule has 4 aromatic rings. The maximum absolute atomic E-state index is 14.7. The zero-order chi connectivity index (χ0) is 22.3. The minimum Gasteiger partial charge on any atom is -0.493 e. The van der Waals surface area contributed by atoms with E-state index in [1.165, 1.54) is 6.07 Å². The summed E-state index contributed by atoms with van der Waals surface area (Å²) in [7, 11) is 1.60. The number of nitrogens with zero attached hydrogens (tertiary/aromatic N) is 2. The molecule has 0 aliphatic carbocycles. The van der Waals surface area contributed by atoms with Crippen molar-refractivity contribution in [3.8, 4) is 23.0 Å². The maximum Gasteiger partial charge on any atom is 0.247 e. The highest BCUT2D eigenvalue weighted by molar-refractivity contribution is 5.52. The molecule has 4 rings (SSSR count). The molecule has 0 amide bonds. The van der Waals surface area contributed by atoms with E-state index in [-0.39, 0.29) is 11.7 Å². The first-order valence-corrected chi connectivity index (χ1v) is 10.4. The Hall–Kier alpha value is -3.71. The third-order valence-corrected chi connectivity index (χ3v) is 4.96. The van der Waals surface area contributed by atoms with Crippen molar-refractivity contribution in [1.29, 1.82) is 0 Å². The standard InChI is InChI=1S/C25H24FN3O3/c1-3-31-21-14-13-17(15-22(21)30-2)16-27-23(19-11-7-8-12-20(19)26)25-29-28-24(32-25)18-9-5-4-6-10-18/h4-15,23,27H,3,16H2,1-2H3/t23-/m1/s1. The van der Waals surface area contributed by atoms with Crippen LogP contribution in [-0.4, -0.2) is 23.9 Å². The van der Waals surface area contributed by atoms with Crippen LogP contribution in [0.1, 0.15) is 30.0 Å². The molecule has 0 radical (unpaired) electrons. The fourth-order valence-electron chi connectivity index (χ4n) is 3.40. The number of halogens is 1. The molecular weight excluding hydrogens is 409 g/mol. The molecule has 164 valence electrons. The number of benzene rings is 3. The lowest BCUT2D eigenvalue weighted by Crippen LogP contribution is -2.23. The minimum absolute atomic E-state index is 0.284. The Morgan fingerprint density at radius 3 is 2.50 bits per heavy atom. The highest BCUT2D eigenvalue weighted by atomic mass is 19.1. The van der Waals surface area contributed by atoms with E-state index in [9.17, 15) is 4.39 Å². The molecule has 1 N–H and O–H groups in total. The van der Waals surface area contributed by atoms with Gasteiger partial charge in [-0.15, -0.1) is 10.2 Å². The Morgan fingerprint density at radius 1 is 0.969 bits per heavy atom. The van der Waals surface area contributed by atoms with Crippen molar-refractivity contribution in [3.05, 3.63) is 95.6 Å². The molecule has 0 fully saturated rings. The van der Waals surface area contributed by atoms with Crippen LogP contribution in [0.4, 0.5) is 4.39 Å². The first kappa shape index (κ1) is 21.5. The lowest BCUT2D eigenvalue weighted by Gasteiger charge is -2.17. The molecule has 0 aliphatic rings. The lowest BCUT2D eigenvalue weighted by atomic mass is 10.1. The summed E-state index contributed by atoms with van der Waals surface area (Å²) in [6.07, 6.45) is 0. The van der Waals surface area contributed by atoms with Crippen molar-refractivity contribution in [3.63, 3.8) is 0 Å². The Labute approximate surface area is 186 Å². The molecule has 6 nitrogen and oxygen atoms in total. The number of hydrogen-bond donors (Lipinski definition) is 1. The van der Waals surface area contributed by atoms with E-state index in [1.807, 2.05) is 55.5 Å². The predicted molar refractivity (Wildman–Crippen MR) is 119 cm³/mol. The Morgan fingerprint density at radius 2 is 1.75 bits per heavy atom. The summed E-state index contributed by atoms with van der Waals surface area (Å²) in [5.74, 6) is 1.62. The zero-order valence-electron chi connectivity index (χ0n) is 17.9. The largest absolute Gasteiger partial charge is 0.493 e. The quantitative estimate of drug-likeness (QED) is 0.393. The Bertz CT molecular complexity index is 1160. The average Bonchev–Trinajstić information content (AvgIpc) is 3.32. The van der Waals surface area contributed by atoms with Gasteiger partial charge >= 0.3 is 0 Å². The first-order valence-electron chi connectivity index (χ1n) is 10.4. The van der Waals surface area contributed by atoms with Gasteiger partial charge < -0.3 is 13.9 Å². The third-order valence-electron chi connectivity index (χ3n) is 4.96. The summed E-state index contributed by atoms with van der Waals surface area (Å²) in [6, 6.07) is 21.1. The second-order valence-corrected chi connectivity index (χ2v) is 7.07. The van der Waals surface area contributed by atoms with E-state index < -0.39 is 6.04 Å². The van der Waals surface area contributed by atoms with E-state index in [2.05, 4.69) is 15.5 Å². The van der Waals surface area contributed by atoms with E-state index in [0.29, 0.717) is 36.1 Å². The summed E-state index contributed by atoms with van der Waals surface area (Å²) in [5.41, 5.74) is 2.16. The van der Waals surface area contributed by atoms with Crippen molar-refractivity contribution < 1.29 is 18.3 Å². The number of ether oxygens (including phenoxy) is 2. The second-order valence-electron chi connectivity index (χ2n) is 7.07. The van der Waals surface area contributed by atoms with Gasteiger partial charge in [0.2, 0.25) is 11.8 Å². The molecular formula is C25H24FN3O3. The van der Waals surface area contributed by atoms with Gasteiger partial charge in [-0.2, -0.15) is 0 Å². The number of aromatic nitrogens is 2. The van der Waals surface area contributed by atoms with Gasteiger partial charge in [-0.25, -0.2) is 4.39 Å². The van der Waals surface area contributed by atoms with Crippen LogP contribution < -0.4 is 14.8 Å². The molecule has 0 saturated heterocycles. The van der Waals surface area contributed by atoms with Gasteiger partial charge in [0.1, 0.15) is 11.9 Å². The van der Waals surface area contributed by atoms with Crippen LogP contribution >= 0.6 is 0 Å². The van der Waals surface area contributed by atoms with Crippen LogP contribution in [0.15, 0.2) is 77.2 Å². The van der Waals surface area contributed by atoms with Gasteiger partial charge in [0, 0.05) is 17.7 Å². The van der Waals surface area contributed by atoms with Gasteiger partial charge in [0.05, 0.1) is 13.7 Å². The second kappa shape index (κ2) is 10.1. The zero-order valence-corrected chi connectivity index (χ0v) is 17.9. The molecule has 3 aromatic carbocycles. The van der Waals surface area contributed by atoms with Gasteiger partial charge in [0.25, 0.3) is 0 Å². The Balaban J connectivity index is 1.62. The molecule has 1 atom stereocenters. The minimum atomic E-state index is -0.626. The monoisotopic (exact) mass is 433 g/mol. The molecule has 0 aliphatic heterocycles. The molecule has 32 heavy (non-hydrogen) atoms. The van der Waals surface area contributed by atoms with Crippen molar-refractivity contribution in [1.82, 2.24) is 15.5 Å².